The van der Waals surface area contributed by atoms with Gasteiger partial charge < -0.3 is 20.5 Å². The van der Waals surface area contributed by atoms with Gasteiger partial charge in [-0.3, -0.25) is 4.99 Å². The summed E-state index contributed by atoms with van der Waals surface area (Å²) in [5.74, 6) is 0.805. The number of hydrogen-bond acceptors (Lipinski definition) is 3. The number of ether oxygens (including phenoxy) is 1. The number of nitrogens with zero attached hydrogens (tertiary/aromatic N) is 1. The Kier molecular flexibility index (Phi) is 6.77. The largest absolute Gasteiger partial charge is 0.385 e. The van der Waals surface area contributed by atoms with Crippen LogP contribution in [0.3, 0.4) is 0 Å². The van der Waals surface area contributed by atoms with E-state index in [2.05, 4.69) is 23.6 Å². The van der Waals surface area contributed by atoms with E-state index in [0.717, 1.165) is 50.5 Å². The number of aryl methyl sites for hydroxylation is 1. The van der Waals surface area contributed by atoms with Crippen LogP contribution in [0.25, 0.3) is 0 Å². The van der Waals surface area contributed by atoms with Gasteiger partial charge in [-0.05, 0) is 55.6 Å². The molecule has 0 heterocycles. The van der Waals surface area contributed by atoms with E-state index < -0.39 is 5.60 Å². The minimum absolute atomic E-state index is 0.273. The van der Waals surface area contributed by atoms with Crippen molar-refractivity contribution in [1.29, 1.82) is 0 Å². The van der Waals surface area contributed by atoms with Crippen molar-refractivity contribution in [2.24, 2.45) is 10.4 Å². The van der Waals surface area contributed by atoms with E-state index >= 15 is 0 Å². The van der Waals surface area contributed by atoms with Crippen LogP contribution < -0.4 is 10.6 Å². The van der Waals surface area contributed by atoms with Crippen LogP contribution in [-0.2, 0) is 16.8 Å². The zero-order valence-corrected chi connectivity index (χ0v) is 16.9. The fraction of sp³-hybridized carbons (Fsp3) is 0.682. The van der Waals surface area contributed by atoms with Crippen molar-refractivity contribution >= 4 is 5.96 Å². The van der Waals surface area contributed by atoms with Crippen molar-refractivity contribution in [3.63, 3.8) is 0 Å². The quantitative estimate of drug-likeness (QED) is 0.484. The molecule has 0 amide bonds. The standard InChI is InChI=1S/C22H35N3O2/c1-3-23-20(24-16-21(14-15-27-2)11-6-7-12-21)25-17-22(26)13-10-18-8-4-5-9-19(18)22/h4-5,8-9,26H,3,6-7,10-17H2,1-2H3,(H2,23,24,25). The van der Waals surface area contributed by atoms with E-state index in [1.807, 2.05) is 18.2 Å². The monoisotopic (exact) mass is 373 g/mol. The summed E-state index contributed by atoms with van der Waals surface area (Å²) in [6.07, 6.45) is 7.81. The first-order valence-corrected chi connectivity index (χ1v) is 10.4. The lowest BCUT2D eigenvalue weighted by Crippen LogP contribution is -2.45. The molecule has 150 valence electrons. The molecule has 0 bridgehead atoms. The third-order valence-corrected chi connectivity index (χ3v) is 6.29. The van der Waals surface area contributed by atoms with Gasteiger partial charge in [-0.1, -0.05) is 37.1 Å². The van der Waals surface area contributed by atoms with Crippen molar-refractivity contribution in [2.75, 3.05) is 33.4 Å². The van der Waals surface area contributed by atoms with Crippen molar-refractivity contribution in [2.45, 2.75) is 57.5 Å². The molecule has 1 unspecified atom stereocenters. The third-order valence-electron chi connectivity index (χ3n) is 6.29. The summed E-state index contributed by atoms with van der Waals surface area (Å²) in [6, 6.07) is 8.22. The number of rotatable bonds is 8. The Bertz CT molecular complexity index is 640. The highest BCUT2D eigenvalue weighted by molar-refractivity contribution is 5.79. The fourth-order valence-electron chi connectivity index (χ4n) is 4.60. The maximum absolute atomic E-state index is 11.1. The molecule has 0 radical (unpaired) electrons. The molecule has 1 aromatic rings. The molecule has 0 spiro atoms. The molecule has 2 aliphatic rings. The summed E-state index contributed by atoms with van der Waals surface area (Å²) in [6.45, 7) is 5.00. The van der Waals surface area contributed by atoms with Gasteiger partial charge in [0, 0.05) is 26.8 Å². The molecule has 1 fully saturated rings. The molecule has 2 aliphatic carbocycles. The highest BCUT2D eigenvalue weighted by Gasteiger charge is 2.37. The van der Waals surface area contributed by atoms with Gasteiger partial charge in [0.05, 0.1) is 6.54 Å². The van der Waals surface area contributed by atoms with Gasteiger partial charge in [-0.2, -0.15) is 0 Å². The predicted molar refractivity (Wildman–Crippen MR) is 110 cm³/mol. The van der Waals surface area contributed by atoms with E-state index in [4.69, 9.17) is 9.73 Å². The summed E-state index contributed by atoms with van der Waals surface area (Å²) >= 11 is 0. The number of aliphatic hydroxyl groups is 1. The Morgan fingerprint density at radius 2 is 1.96 bits per heavy atom. The number of methoxy groups -OCH3 is 1. The molecular weight excluding hydrogens is 338 g/mol. The Morgan fingerprint density at radius 1 is 1.19 bits per heavy atom. The lowest BCUT2D eigenvalue weighted by atomic mass is 9.83. The number of nitrogens with one attached hydrogen (secondary N) is 2. The zero-order chi connectivity index (χ0) is 19.2. The van der Waals surface area contributed by atoms with Crippen LogP contribution in [0.4, 0.5) is 0 Å². The van der Waals surface area contributed by atoms with Gasteiger partial charge in [-0.15, -0.1) is 0 Å². The van der Waals surface area contributed by atoms with E-state index in [0.29, 0.717) is 6.54 Å². The second-order valence-corrected chi connectivity index (χ2v) is 8.19. The van der Waals surface area contributed by atoms with Crippen LogP contribution in [0.2, 0.25) is 0 Å². The maximum Gasteiger partial charge on any atom is 0.191 e. The Balaban J connectivity index is 1.64. The molecule has 1 saturated carbocycles. The Morgan fingerprint density at radius 3 is 2.70 bits per heavy atom. The lowest BCUT2D eigenvalue weighted by molar-refractivity contribution is 0.0432. The highest BCUT2D eigenvalue weighted by atomic mass is 16.5. The van der Waals surface area contributed by atoms with Crippen molar-refractivity contribution in [3.8, 4) is 0 Å². The van der Waals surface area contributed by atoms with Crippen LogP contribution in [-0.4, -0.2) is 44.4 Å². The second-order valence-electron chi connectivity index (χ2n) is 8.19. The average Bonchev–Trinajstić information content (AvgIpc) is 3.29. The zero-order valence-electron chi connectivity index (χ0n) is 16.9. The normalized spacial score (nSPS) is 24.0. The predicted octanol–water partition coefficient (Wildman–Crippen LogP) is 2.97. The summed E-state index contributed by atoms with van der Waals surface area (Å²) < 4.78 is 5.33. The lowest BCUT2D eigenvalue weighted by Gasteiger charge is -2.28. The Hall–Kier alpha value is -1.59. The number of benzene rings is 1. The van der Waals surface area contributed by atoms with Gasteiger partial charge in [0.2, 0.25) is 0 Å². The van der Waals surface area contributed by atoms with Crippen LogP contribution >= 0.6 is 0 Å². The molecule has 27 heavy (non-hydrogen) atoms. The van der Waals surface area contributed by atoms with E-state index in [1.54, 1.807) is 7.11 Å². The fourth-order valence-corrected chi connectivity index (χ4v) is 4.60. The molecule has 0 saturated heterocycles. The van der Waals surface area contributed by atoms with E-state index in [1.165, 1.54) is 31.2 Å². The minimum atomic E-state index is -0.812. The van der Waals surface area contributed by atoms with Gasteiger partial charge in [0.25, 0.3) is 0 Å². The van der Waals surface area contributed by atoms with E-state index in [-0.39, 0.29) is 5.41 Å². The molecule has 5 nitrogen and oxygen atoms in total. The average molecular weight is 374 g/mol. The number of fused-ring (bicyclic) bond motifs is 1. The summed E-state index contributed by atoms with van der Waals surface area (Å²) in [7, 11) is 1.78. The smallest absolute Gasteiger partial charge is 0.191 e. The molecule has 1 atom stereocenters. The molecule has 3 N–H and O–H groups in total. The number of hydrogen-bond donors (Lipinski definition) is 3. The number of aliphatic imine (C=N–C) groups is 1. The van der Waals surface area contributed by atoms with Gasteiger partial charge >= 0.3 is 0 Å². The SMILES string of the molecule is CCNC(=NCC1(CCOC)CCCC1)NCC1(O)CCc2ccccc21. The van der Waals surface area contributed by atoms with Gasteiger partial charge in [0.1, 0.15) is 5.60 Å². The topological polar surface area (TPSA) is 65.9 Å². The van der Waals surface area contributed by atoms with Crippen LogP contribution in [0.5, 0.6) is 0 Å². The molecule has 3 rings (SSSR count). The van der Waals surface area contributed by atoms with Crippen LogP contribution in [0, 0.1) is 5.41 Å². The molecule has 1 aromatic carbocycles. The summed E-state index contributed by atoms with van der Waals surface area (Å²) in [5, 5.41) is 17.9. The molecule has 0 aromatic heterocycles. The minimum Gasteiger partial charge on any atom is -0.385 e. The van der Waals surface area contributed by atoms with Crippen molar-refractivity contribution in [3.05, 3.63) is 35.4 Å². The Labute approximate surface area is 163 Å². The summed E-state index contributed by atoms with van der Waals surface area (Å²) in [5.41, 5.74) is 1.78. The maximum atomic E-state index is 11.1. The summed E-state index contributed by atoms with van der Waals surface area (Å²) in [4.78, 5) is 4.90. The van der Waals surface area contributed by atoms with Crippen molar-refractivity contribution in [1.82, 2.24) is 10.6 Å². The first-order valence-electron chi connectivity index (χ1n) is 10.4. The van der Waals surface area contributed by atoms with Crippen LogP contribution in [0.1, 0.15) is 56.6 Å². The first kappa shape index (κ1) is 20.2. The molecule has 0 aliphatic heterocycles. The third kappa shape index (κ3) is 4.82. The van der Waals surface area contributed by atoms with Crippen LogP contribution in [0.15, 0.2) is 29.3 Å². The van der Waals surface area contributed by atoms with Gasteiger partial charge in [0.15, 0.2) is 5.96 Å². The van der Waals surface area contributed by atoms with Crippen molar-refractivity contribution < 1.29 is 9.84 Å². The van der Waals surface area contributed by atoms with Gasteiger partial charge in [-0.25, -0.2) is 0 Å². The second kappa shape index (κ2) is 9.07. The molecular formula is C22H35N3O2. The highest BCUT2D eigenvalue weighted by Crippen LogP contribution is 2.41. The molecule has 5 heteroatoms. The van der Waals surface area contributed by atoms with E-state index in [9.17, 15) is 5.11 Å². The first-order chi connectivity index (χ1) is 13.1. The number of guanidine groups is 1.